The molecule has 0 amide bonds. The fraction of sp³-hybridized carbons (Fsp3) is 1.00. The van der Waals surface area contributed by atoms with Crippen LogP contribution in [0.4, 0.5) is 0 Å². The fourth-order valence-corrected chi connectivity index (χ4v) is 7.12. The Labute approximate surface area is 485 Å². The molecule has 0 spiro atoms. The van der Waals surface area contributed by atoms with Gasteiger partial charge in [-0.1, -0.05) is 0 Å². The first-order valence-corrected chi connectivity index (χ1v) is 31.5. The summed E-state index contributed by atoms with van der Waals surface area (Å²) in [7, 11) is 0. The van der Waals surface area contributed by atoms with E-state index in [2.05, 4.69) is 114 Å². The van der Waals surface area contributed by atoms with E-state index < -0.39 is 0 Å². The van der Waals surface area contributed by atoms with Crippen LogP contribution in [0.2, 0.25) is 0 Å². The van der Waals surface area contributed by atoms with Gasteiger partial charge in [0.05, 0.1) is 92.5 Å². The normalized spacial score (nSPS) is 15.0. The van der Waals surface area contributed by atoms with E-state index in [1.54, 1.807) is 0 Å². The van der Waals surface area contributed by atoms with Gasteiger partial charge < -0.3 is 71.1 Å². The Kier molecular flexibility index (Phi) is 63.3. The lowest BCUT2D eigenvalue weighted by atomic mass is 10.3. The van der Waals surface area contributed by atoms with E-state index in [-0.39, 0.29) is 69.2 Å². The van der Waals surface area contributed by atoms with Crippen LogP contribution in [-0.4, -0.2) is 246 Å². The Morgan fingerprint density at radius 3 is 0.431 bits per heavy atom. The molecule has 0 saturated heterocycles. The Balaban J connectivity index is 5.45. The van der Waals surface area contributed by atoms with Crippen molar-refractivity contribution in [1.82, 2.24) is 0 Å². The van der Waals surface area contributed by atoms with Crippen LogP contribution in [0.25, 0.3) is 0 Å². The van der Waals surface area contributed by atoms with E-state index in [0.29, 0.717) is 143 Å². The van der Waals surface area contributed by atoms with Crippen molar-refractivity contribution in [2.24, 2.45) is 0 Å². The van der Waals surface area contributed by atoms with Crippen molar-refractivity contribution in [2.75, 3.05) is 204 Å². The third-order valence-electron chi connectivity index (χ3n) is 9.74. The van der Waals surface area contributed by atoms with Crippen LogP contribution in [0.1, 0.15) is 57.8 Å². The minimum absolute atomic E-state index is 0.199. The largest absolute Gasteiger partial charge is 0.379 e. The molecule has 0 aliphatic carbocycles. The first kappa shape index (κ1) is 74.5. The van der Waals surface area contributed by atoms with Crippen molar-refractivity contribution < 1.29 is 71.1 Å². The molecule has 0 rings (SSSR count). The van der Waals surface area contributed by atoms with Gasteiger partial charge in [-0.3, -0.25) is 0 Å². The second-order valence-corrected chi connectivity index (χ2v) is 20.5. The van der Waals surface area contributed by atoms with Crippen LogP contribution < -0.4 is 0 Å². The standard InChI is InChI=1S/C48H98O15S9/c64-19-1-10-49-28-42(57-12-3-21-66)30-51-32-44(59-14-5-23-68)34-53-36-46(61-16-7-25-70)38-55-40-48(63-18-9-27-72)41-56-39-47(62-17-8-26-71)37-54-35-45(60-15-6-24-69)33-52-31-43(58-13-4-22-67)29-50-11-2-20-65/h42-48,64-72H,1-41H2. The highest BCUT2D eigenvalue weighted by Gasteiger charge is 2.21. The van der Waals surface area contributed by atoms with Gasteiger partial charge in [-0.25, -0.2) is 0 Å². The predicted octanol–water partition coefficient (Wildman–Crippen LogP) is 6.69. The lowest BCUT2D eigenvalue weighted by Gasteiger charge is -2.25. The van der Waals surface area contributed by atoms with Crippen molar-refractivity contribution in [2.45, 2.75) is 101 Å². The van der Waals surface area contributed by atoms with Crippen molar-refractivity contribution in [1.29, 1.82) is 0 Å². The molecule has 6 unspecified atom stereocenters. The van der Waals surface area contributed by atoms with Crippen LogP contribution in [0.5, 0.6) is 0 Å². The molecule has 0 aromatic rings. The van der Waals surface area contributed by atoms with Gasteiger partial charge in [-0.15, -0.1) is 0 Å². The third kappa shape index (κ3) is 50.7. The first-order valence-electron chi connectivity index (χ1n) is 25.9. The zero-order valence-electron chi connectivity index (χ0n) is 43.2. The molecule has 0 aliphatic heterocycles. The molecule has 24 heteroatoms. The van der Waals surface area contributed by atoms with Gasteiger partial charge in [0.2, 0.25) is 0 Å². The number of rotatable bonds is 62. The van der Waals surface area contributed by atoms with Gasteiger partial charge in [0.15, 0.2) is 0 Å². The minimum Gasteiger partial charge on any atom is -0.379 e. The van der Waals surface area contributed by atoms with E-state index in [1.807, 2.05) is 0 Å². The van der Waals surface area contributed by atoms with Crippen molar-refractivity contribution >= 4 is 114 Å². The summed E-state index contributed by atoms with van der Waals surface area (Å²) < 4.78 is 91.6. The maximum atomic E-state index is 6.24. The topological polar surface area (TPSA) is 138 Å². The molecule has 0 radical (unpaired) electrons. The Morgan fingerprint density at radius 1 is 0.167 bits per heavy atom. The molecule has 0 saturated carbocycles. The summed E-state index contributed by atoms with van der Waals surface area (Å²) in [5.74, 6) is 6.58. The molecule has 0 N–H and O–H groups in total. The summed E-state index contributed by atoms with van der Waals surface area (Å²) in [5.41, 5.74) is 0. The molecule has 0 aliphatic rings. The van der Waals surface area contributed by atoms with E-state index in [0.717, 1.165) is 92.3 Å². The second-order valence-electron chi connectivity index (χ2n) is 16.5. The van der Waals surface area contributed by atoms with Crippen LogP contribution in [-0.2, 0) is 71.1 Å². The van der Waals surface area contributed by atoms with Gasteiger partial charge in [0.1, 0.15) is 42.7 Å². The lowest BCUT2D eigenvalue weighted by molar-refractivity contribution is -0.123. The predicted molar refractivity (Wildman–Crippen MR) is 321 cm³/mol. The van der Waals surface area contributed by atoms with Gasteiger partial charge >= 0.3 is 0 Å². The van der Waals surface area contributed by atoms with Crippen molar-refractivity contribution in [3.8, 4) is 0 Å². The number of ether oxygens (including phenoxy) is 15. The molecule has 0 fully saturated rings. The van der Waals surface area contributed by atoms with Gasteiger partial charge in [0.25, 0.3) is 0 Å². The maximum absolute atomic E-state index is 6.24. The van der Waals surface area contributed by atoms with Crippen molar-refractivity contribution in [3.05, 3.63) is 0 Å². The van der Waals surface area contributed by atoms with Crippen LogP contribution in [0, 0.1) is 0 Å². The summed E-state index contributed by atoms with van der Waals surface area (Å²) in [6.45, 7) is 9.71. The third-order valence-corrected chi connectivity index (χ3v) is 12.6. The molecule has 6 atom stereocenters. The summed E-state index contributed by atoms with van der Waals surface area (Å²) in [6, 6.07) is 0. The van der Waals surface area contributed by atoms with E-state index in [4.69, 9.17) is 71.1 Å². The summed E-state index contributed by atoms with van der Waals surface area (Å²) in [4.78, 5) is 0. The molecule has 15 nitrogen and oxygen atoms in total. The number of thiol groups is 9. The molecule has 0 bridgehead atoms. The highest BCUT2D eigenvalue weighted by Crippen LogP contribution is 2.09. The smallest absolute Gasteiger partial charge is 0.104 e. The number of hydrogen-bond acceptors (Lipinski definition) is 24. The van der Waals surface area contributed by atoms with E-state index in [1.165, 1.54) is 0 Å². The molecular weight excluding hydrogens is 1110 g/mol. The molecule has 0 heterocycles. The molecule has 0 aromatic carbocycles. The van der Waals surface area contributed by atoms with E-state index in [9.17, 15) is 0 Å². The van der Waals surface area contributed by atoms with E-state index >= 15 is 0 Å². The lowest BCUT2D eigenvalue weighted by Crippen LogP contribution is -2.35. The highest BCUT2D eigenvalue weighted by atomic mass is 32.1. The number of hydrogen-bond donors (Lipinski definition) is 9. The zero-order chi connectivity index (χ0) is 52.6. The highest BCUT2D eigenvalue weighted by molar-refractivity contribution is 7.81. The summed E-state index contributed by atoms with van der Waals surface area (Å²) >= 11 is 39.0. The van der Waals surface area contributed by atoms with Gasteiger partial charge in [-0.05, 0) is 110 Å². The SMILES string of the molecule is SCCCOCC(COCC(COCC(COCC(COCC(COCC(COCC(COCCCS)OCCCS)OCCCS)OCCCS)OCCCS)OCCCS)OCCCS)OCCCS. The monoisotopic (exact) mass is 1200 g/mol. The second kappa shape index (κ2) is 61.2. The Morgan fingerprint density at radius 2 is 0.292 bits per heavy atom. The quantitative estimate of drug-likeness (QED) is 0.0236. The minimum atomic E-state index is -0.343. The fourth-order valence-electron chi connectivity index (χ4n) is 5.96. The van der Waals surface area contributed by atoms with Gasteiger partial charge in [0, 0.05) is 59.5 Å². The summed E-state index contributed by atoms with van der Waals surface area (Å²) in [6.07, 6.45) is 5.42. The molecule has 72 heavy (non-hydrogen) atoms. The first-order chi connectivity index (χ1) is 35.4. The van der Waals surface area contributed by atoms with Crippen LogP contribution in [0.15, 0.2) is 0 Å². The average molecular weight is 1200 g/mol. The van der Waals surface area contributed by atoms with Gasteiger partial charge in [-0.2, -0.15) is 114 Å². The molecular formula is C48H98O15S9. The molecule has 0 aromatic heterocycles. The summed E-state index contributed by atoms with van der Waals surface area (Å²) in [5, 5.41) is 0. The average Bonchev–Trinajstić information content (AvgIpc) is 3.38. The van der Waals surface area contributed by atoms with Crippen LogP contribution >= 0.6 is 114 Å². The Hall–Kier alpha value is 2.55. The van der Waals surface area contributed by atoms with Crippen LogP contribution in [0.3, 0.4) is 0 Å². The Bertz CT molecular complexity index is 982. The molecule has 434 valence electrons. The zero-order valence-corrected chi connectivity index (χ0v) is 51.2. The van der Waals surface area contributed by atoms with Crippen molar-refractivity contribution in [3.63, 3.8) is 0 Å². The maximum Gasteiger partial charge on any atom is 0.104 e.